The molecular weight excluding hydrogens is 83.0 g/mol. The van der Waals surface area contributed by atoms with Crippen molar-refractivity contribution in [3.63, 3.8) is 0 Å². The van der Waals surface area contributed by atoms with Crippen LogP contribution in [0.3, 0.4) is 0 Å². The van der Waals surface area contributed by atoms with Crippen LogP contribution in [0.25, 0.3) is 0 Å². The first-order chi connectivity index (χ1) is 1.41. The monoisotopic (exact) mass is 92.0 g/mol. The van der Waals surface area contributed by atoms with E-state index in [4.69, 9.17) is 0 Å². The molecule has 0 atom stereocenters. The molecule has 0 aromatic carbocycles. The minimum Gasteiger partial charge on any atom is -0.412 e. The topological polar surface area (TPSA) is 63.0 Å². The molecule has 0 heterocycles. The molecule has 0 aromatic rings. The third kappa shape index (κ3) is 131. The standard InChI is InChI=1S/C2H5.Al.2H2O/c1-2;;;/h1H2,2H3;;2*1H2. The Hall–Kier alpha value is 0.452. The lowest BCUT2D eigenvalue weighted by molar-refractivity contribution is 0.823. The van der Waals surface area contributed by atoms with Gasteiger partial charge in [-0.15, -0.1) is 5.28 Å². The second-order valence-corrected chi connectivity index (χ2v) is 1.22. The molecule has 3 heteroatoms. The molecule has 0 fully saturated rings. The maximum absolute atomic E-state index is 2.58. The number of rotatable bonds is 0. The third-order valence-electron chi connectivity index (χ3n) is 0. The lowest BCUT2D eigenvalue weighted by Crippen LogP contribution is -1.41. The summed E-state index contributed by atoms with van der Waals surface area (Å²) in [6, 6.07) is 0. The lowest BCUT2D eigenvalue weighted by atomic mass is 11.0. The van der Waals surface area contributed by atoms with Gasteiger partial charge in [0.2, 0.25) is 0 Å². The van der Waals surface area contributed by atoms with Gasteiger partial charge in [-0.1, -0.05) is 6.92 Å². The van der Waals surface area contributed by atoms with Crippen LogP contribution in [0.15, 0.2) is 0 Å². The Kier molecular flexibility index (Phi) is 90.4. The molecule has 0 bridgehead atoms. The van der Waals surface area contributed by atoms with Crippen molar-refractivity contribution in [3.8, 4) is 0 Å². The van der Waals surface area contributed by atoms with Gasteiger partial charge in [0, 0.05) is 0 Å². The molecule has 5 heavy (non-hydrogen) atoms. The molecule has 0 aromatic heterocycles. The SMILES string of the molecule is C[CH2][Al].O.O. The van der Waals surface area contributed by atoms with Crippen molar-refractivity contribution < 1.29 is 11.0 Å². The highest BCUT2D eigenvalue weighted by molar-refractivity contribution is 6.08. The zero-order valence-electron chi connectivity index (χ0n) is 3.28. The molecule has 32 valence electrons. The van der Waals surface area contributed by atoms with Gasteiger partial charge in [0.05, 0.1) is 0 Å². The van der Waals surface area contributed by atoms with Crippen molar-refractivity contribution in [2.24, 2.45) is 0 Å². The van der Waals surface area contributed by atoms with Crippen LogP contribution in [0.4, 0.5) is 0 Å². The van der Waals surface area contributed by atoms with E-state index in [0.29, 0.717) is 0 Å². The summed E-state index contributed by atoms with van der Waals surface area (Å²) in [6.07, 6.45) is 0. The van der Waals surface area contributed by atoms with Crippen molar-refractivity contribution in [1.82, 2.24) is 0 Å². The van der Waals surface area contributed by atoms with Crippen molar-refractivity contribution in [2.75, 3.05) is 0 Å². The van der Waals surface area contributed by atoms with E-state index in [9.17, 15) is 0 Å². The summed E-state index contributed by atoms with van der Waals surface area (Å²) in [4.78, 5) is 0. The summed E-state index contributed by atoms with van der Waals surface area (Å²) in [5.41, 5.74) is 0. The number of hydrogen-bond acceptors (Lipinski definition) is 0. The van der Waals surface area contributed by atoms with Crippen LogP contribution in [-0.2, 0) is 0 Å². The molecule has 2 radical (unpaired) electrons. The maximum Gasteiger partial charge on any atom is 0.117 e. The smallest absolute Gasteiger partial charge is 0.117 e. The molecule has 0 aliphatic rings. The van der Waals surface area contributed by atoms with E-state index < -0.39 is 0 Å². The third-order valence-corrected chi connectivity index (χ3v) is 0. The highest BCUT2D eigenvalue weighted by Crippen LogP contribution is 1.49. The summed E-state index contributed by atoms with van der Waals surface area (Å²) in [5.74, 6) is 0. The van der Waals surface area contributed by atoms with Crippen LogP contribution in [0.1, 0.15) is 6.92 Å². The molecule has 0 rings (SSSR count). The fraction of sp³-hybridized carbons (Fsp3) is 1.00. The van der Waals surface area contributed by atoms with E-state index in [2.05, 4.69) is 23.2 Å². The summed E-state index contributed by atoms with van der Waals surface area (Å²) in [7, 11) is 0. The normalized spacial score (nSPS) is 3.40. The summed E-state index contributed by atoms with van der Waals surface area (Å²) >= 11 is 2.58. The molecule has 0 unspecified atom stereocenters. The van der Waals surface area contributed by atoms with Crippen LogP contribution in [0.2, 0.25) is 5.28 Å². The van der Waals surface area contributed by atoms with Gasteiger partial charge < -0.3 is 11.0 Å². The Balaban J connectivity index is -0.0000000200. The molecule has 0 aliphatic carbocycles. The van der Waals surface area contributed by atoms with Gasteiger partial charge in [0.1, 0.15) is 16.3 Å². The zero-order valence-corrected chi connectivity index (χ0v) is 4.44. The number of hydrogen-bond donors (Lipinski definition) is 0. The molecular formula is C2H9AlO2. The molecule has 0 aliphatic heterocycles. The van der Waals surface area contributed by atoms with Gasteiger partial charge in [-0.25, -0.2) is 0 Å². The highest BCUT2D eigenvalue weighted by atomic mass is 27.0. The Morgan fingerprint density at radius 2 is 1.40 bits per heavy atom. The van der Waals surface area contributed by atoms with Crippen LogP contribution >= 0.6 is 0 Å². The van der Waals surface area contributed by atoms with Gasteiger partial charge in [-0.2, -0.15) is 0 Å². The van der Waals surface area contributed by atoms with E-state index in [1.807, 2.05) is 0 Å². The predicted molar refractivity (Wildman–Crippen MR) is 23.5 cm³/mol. The predicted octanol–water partition coefficient (Wildman–Crippen LogP) is -1.06. The molecule has 4 N–H and O–H groups in total. The van der Waals surface area contributed by atoms with E-state index in [1.165, 1.54) is 5.28 Å². The van der Waals surface area contributed by atoms with Crippen molar-refractivity contribution in [1.29, 1.82) is 0 Å². The van der Waals surface area contributed by atoms with Crippen LogP contribution in [0.5, 0.6) is 0 Å². The van der Waals surface area contributed by atoms with Crippen molar-refractivity contribution >= 4 is 16.3 Å². The van der Waals surface area contributed by atoms with E-state index in [0.717, 1.165) is 0 Å². The van der Waals surface area contributed by atoms with Crippen molar-refractivity contribution in [3.05, 3.63) is 0 Å². The van der Waals surface area contributed by atoms with Gasteiger partial charge >= 0.3 is 0 Å². The summed E-state index contributed by atoms with van der Waals surface area (Å²) in [6.45, 7) is 2.09. The minimum absolute atomic E-state index is 0. The van der Waals surface area contributed by atoms with Gasteiger partial charge in [-0.3, -0.25) is 0 Å². The first-order valence-corrected chi connectivity index (χ1v) is 1.93. The maximum atomic E-state index is 2.58. The molecule has 0 saturated heterocycles. The van der Waals surface area contributed by atoms with E-state index in [-0.39, 0.29) is 11.0 Å². The molecule has 0 spiro atoms. The minimum atomic E-state index is 0. The van der Waals surface area contributed by atoms with E-state index >= 15 is 0 Å². The van der Waals surface area contributed by atoms with E-state index in [1.54, 1.807) is 0 Å². The van der Waals surface area contributed by atoms with Gasteiger partial charge in [0.25, 0.3) is 0 Å². The van der Waals surface area contributed by atoms with Crippen molar-refractivity contribution in [2.45, 2.75) is 12.2 Å². The largest absolute Gasteiger partial charge is 0.412 e. The lowest BCUT2D eigenvalue weighted by Gasteiger charge is -1.47. The average molecular weight is 92.1 g/mol. The first-order valence-electron chi connectivity index (χ1n) is 1.12. The Morgan fingerprint density at radius 3 is 1.40 bits per heavy atom. The Morgan fingerprint density at radius 1 is 1.40 bits per heavy atom. The van der Waals surface area contributed by atoms with Crippen LogP contribution < -0.4 is 0 Å². The summed E-state index contributed by atoms with van der Waals surface area (Å²) < 4.78 is 0. The Bertz CT molecular complexity index is 7.61. The van der Waals surface area contributed by atoms with Gasteiger partial charge in [0.15, 0.2) is 0 Å². The Labute approximate surface area is 40.2 Å². The summed E-state index contributed by atoms with van der Waals surface area (Å²) in [5, 5.41) is 1.17. The second kappa shape index (κ2) is 25.2. The second-order valence-electron chi connectivity index (χ2n) is 0.408. The first kappa shape index (κ1) is 18.0. The molecule has 0 saturated carbocycles. The van der Waals surface area contributed by atoms with Gasteiger partial charge in [-0.05, 0) is 0 Å². The quantitative estimate of drug-likeness (QED) is 0.342. The molecule has 2 nitrogen and oxygen atoms in total. The van der Waals surface area contributed by atoms with Crippen LogP contribution in [0, 0.1) is 0 Å². The average Bonchev–Trinajstić information content (AvgIpc) is 0.918. The molecule has 0 amide bonds. The zero-order chi connectivity index (χ0) is 2.71. The fourth-order valence-electron chi connectivity index (χ4n) is 0. The van der Waals surface area contributed by atoms with Crippen LogP contribution in [-0.4, -0.2) is 27.2 Å². The fourth-order valence-corrected chi connectivity index (χ4v) is 0. The highest BCUT2D eigenvalue weighted by Gasteiger charge is 1.37.